The summed E-state index contributed by atoms with van der Waals surface area (Å²) < 4.78 is 172. The number of nitrogens with zero attached hydrogens (tertiary/aromatic N) is 4. The summed E-state index contributed by atoms with van der Waals surface area (Å²) >= 11 is 11.9. The van der Waals surface area contributed by atoms with Gasteiger partial charge < -0.3 is 53.5 Å². The van der Waals surface area contributed by atoms with Crippen molar-refractivity contribution in [2.75, 3.05) is 134 Å². The monoisotopic (exact) mass is 2390 g/mol. The minimum absolute atomic E-state index is 0.0924. The summed E-state index contributed by atoms with van der Waals surface area (Å²) in [5.74, 6) is 2.37. The van der Waals surface area contributed by atoms with Gasteiger partial charge in [0.25, 0.3) is 0 Å². The normalized spacial score (nSPS) is 16.1. The molecule has 3 rings (SSSR count). The van der Waals surface area contributed by atoms with Crippen LogP contribution in [-0.4, -0.2) is 255 Å². The number of piperidine rings is 3. The molecule has 0 bridgehead atoms. The SMILES string of the molecule is CC(C)(C)OP(=O)(OC(C)(C)C)SCCN1CCCCC1.CC(C)(C)OP(=O)(OC(C)(C)C)SCCOC(=O)C(C)(C)CCN1CCCCC1.CC(C)(C)OP(=O)(OC(C)(C)C)SCCOC(=O)C(C)(C)CCN1CCCCC1.CC(C)(C)OP(=O)(OC(C)(C)C)SCCOC(=O)C(C)(C)N.CC(C)(C)OP([O-])(=S)OC(C)(C)C.CCCSP(=O)(OC(C)(C)C)OC(C)(C)C.CN(C)CCSP(=O)(OC(C)(C)C)OC(C)(C)C. The highest BCUT2D eigenvalue weighted by molar-refractivity contribution is 8.56. The molecule has 0 spiro atoms. The highest BCUT2D eigenvalue weighted by Gasteiger charge is 2.44. The number of likely N-dealkylation sites (tertiary alicyclic amines) is 3. The van der Waals surface area contributed by atoms with Crippen LogP contribution >= 0.6 is 116 Å². The van der Waals surface area contributed by atoms with E-state index in [2.05, 4.69) is 14.7 Å². The number of carbonyl (C=O) groups is 3. The van der Waals surface area contributed by atoms with Crippen molar-refractivity contribution in [3.8, 4) is 0 Å². The quantitative estimate of drug-likeness (QED) is 0.0256. The van der Waals surface area contributed by atoms with Crippen LogP contribution in [0.15, 0.2) is 0 Å². The van der Waals surface area contributed by atoms with Gasteiger partial charge in [0.1, 0.15) is 32.1 Å². The van der Waals surface area contributed by atoms with Crippen LogP contribution in [0.5, 0.6) is 0 Å². The molecule has 46 heteroatoms. The lowest BCUT2D eigenvalue weighted by Crippen LogP contribution is -2.43. The third-order valence-electron chi connectivity index (χ3n) is 17.1. The van der Waals surface area contributed by atoms with Crippen LogP contribution in [-0.2, 0) is 131 Å². The molecule has 0 aromatic carbocycles. The minimum Gasteiger partial charge on any atom is -0.780 e. The lowest BCUT2D eigenvalue weighted by molar-refractivity contribution is -0.222. The first-order valence-electron chi connectivity index (χ1n) is 52.3. The Morgan fingerprint density at radius 1 is 0.277 bits per heavy atom. The molecule has 3 heterocycles. The maximum absolute atomic E-state index is 13.1. The van der Waals surface area contributed by atoms with Crippen molar-refractivity contribution in [3.05, 3.63) is 0 Å². The number of hydrogen-bond donors (Lipinski definition) is 1. The molecule has 32 nitrogen and oxygen atoms in total. The van der Waals surface area contributed by atoms with E-state index in [0.29, 0.717) is 17.3 Å². The third kappa shape index (κ3) is 95.3. The van der Waals surface area contributed by atoms with E-state index in [1.807, 2.05) is 303 Å². The van der Waals surface area contributed by atoms with Crippen LogP contribution < -0.4 is 10.6 Å². The van der Waals surface area contributed by atoms with E-state index < -0.39 is 148 Å². The van der Waals surface area contributed by atoms with E-state index in [4.69, 9.17) is 95.1 Å². The number of esters is 3. The van der Waals surface area contributed by atoms with Crippen molar-refractivity contribution in [1.82, 2.24) is 19.6 Å². The summed E-state index contributed by atoms with van der Waals surface area (Å²) in [7, 11) is 3.97. The van der Waals surface area contributed by atoms with Gasteiger partial charge in [-0.25, -0.2) is 27.4 Å². The zero-order valence-corrected chi connectivity index (χ0v) is 114. The number of rotatable bonds is 46. The zero-order valence-electron chi connectivity index (χ0n) is 102. The second kappa shape index (κ2) is 66.6. The van der Waals surface area contributed by atoms with Gasteiger partial charge in [0.05, 0.1) is 89.2 Å². The molecule has 3 aliphatic rings. The predicted octanol–water partition coefficient (Wildman–Crippen LogP) is 31.6. The van der Waals surface area contributed by atoms with Gasteiger partial charge >= 0.3 is 58.7 Å². The molecule has 148 heavy (non-hydrogen) atoms. The predicted molar refractivity (Wildman–Crippen MR) is 634 cm³/mol. The molecule has 890 valence electrons. The smallest absolute Gasteiger partial charge is 0.390 e. The second-order valence-corrected chi connectivity index (χ2v) is 79.7. The molecule has 0 radical (unpaired) electrons. The fourth-order valence-electron chi connectivity index (χ4n) is 12.0. The molecule has 0 aromatic rings. The van der Waals surface area contributed by atoms with Gasteiger partial charge in [-0.3, -0.25) is 68.7 Å². The van der Waals surface area contributed by atoms with E-state index in [1.54, 1.807) is 55.4 Å². The fraction of sp³-hybridized carbons (Fsp3) is 0.971. The molecule has 0 atom stereocenters. The molecule has 3 fully saturated rings. The number of ether oxygens (including phenoxy) is 3. The van der Waals surface area contributed by atoms with Gasteiger partial charge in [-0.15, -0.1) is 0 Å². The highest BCUT2D eigenvalue weighted by Crippen LogP contribution is 2.70. The highest BCUT2D eigenvalue weighted by atomic mass is 32.7. The molecule has 3 aliphatic heterocycles. The molecule has 0 saturated carbocycles. The third-order valence-corrected chi connectivity index (χ3v) is 44.3. The van der Waals surface area contributed by atoms with Gasteiger partial charge in [-0.1, -0.05) is 38.0 Å². The minimum atomic E-state index is -3.38. The fourth-order valence-corrected chi connectivity index (χ4v) is 42.1. The average Bonchev–Trinajstić information content (AvgIpc) is 0.837. The van der Waals surface area contributed by atoms with E-state index in [-0.39, 0.29) is 31.8 Å². The Bertz CT molecular complexity index is 3840. The maximum atomic E-state index is 13.1. The summed E-state index contributed by atoms with van der Waals surface area (Å²) in [5.41, 5.74) is -3.98. The Morgan fingerprint density at radius 2 is 0.453 bits per heavy atom. The van der Waals surface area contributed by atoms with Crippen LogP contribution in [0.25, 0.3) is 0 Å². The van der Waals surface area contributed by atoms with E-state index >= 15 is 0 Å². The first-order chi connectivity index (χ1) is 65.5. The van der Waals surface area contributed by atoms with Crippen LogP contribution in [0.1, 0.15) is 416 Å². The van der Waals surface area contributed by atoms with Gasteiger partial charge in [0.15, 0.2) is 0 Å². The molecule has 0 unspecified atom stereocenters. The number of hydrogen-bond acceptors (Lipinski definition) is 39. The Balaban J connectivity index is -0.000000830. The number of carbonyl (C=O) groups excluding carboxylic acids is 3. The maximum Gasteiger partial charge on any atom is 0.390 e. The largest absolute Gasteiger partial charge is 0.780 e. The molecule has 2 N–H and O–H groups in total. The Morgan fingerprint density at radius 3 is 0.635 bits per heavy atom. The topological polar surface area (TPSA) is 373 Å². The summed E-state index contributed by atoms with van der Waals surface area (Å²) in [6.45, 7) is 78.9. The van der Waals surface area contributed by atoms with Crippen LogP contribution in [0.4, 0.5) is 0 Å². The first kappa shape index (κ1) is 156. The van der Waals surface area contributed by atoms with Crippen molar-refractivity contribution in [2.45, 2.75) is 500 Å². The van der Waals surface area contributed by atoms with E-state index in [1.165, 1.54) is 91.9 Å². The van der Waals surface area contributed by atoms with Crippen molar-refractivity contribution >= 4 is 146 Å². The second-order valence-electron chi connectivity index (χ2n) is 52.9. The van der Waals surface area contributed by atoms with Gasteiger partial charge in [0.2, 0.25) is 0 Å². The molecule has 0 amide bonds. The standard InChI is InChI=1S/2C21H42NO5PS.C15H32NO3PS.C14H30NO5PS.C12H28NO3PS.C11H25O3PS.C8H19O3PS/c2*1-19(2,3)26-28(24,27-20(4,5)6)29-17-16-25-18(23)21(7,8)12-15-22-13-10-9-11-14-22;1-14(2,3)18-20(17,19-15(4,5)6)21-13-12-16-10-8-7-9-11-16;1-12(2,3)19-21(17,20-13(4,5)6)22-10-9-18-11(16)14(7,8)15;1-11(2,3)15-17(14,16-12(4,5)6)18-10-9-13(7)8;1-8-9-16-15(12,13-10(2,3)4)14-11(5,6)7;1-7(2,3)10-12(9,13)11-8(4,5)6/h2*9-17H2,1-8H3;7-13H2,1-6H3;9-10,15H2,1-8H3;9-10H2,1-8H3;8-9H2,1-7H3;1-6H3,(H,9,13)/p-1. The lowest BCUT2D eigenvalue weighted by atomic mass is 9.89. The van der Waals surface area contributed by atoms with Gasteiger partial charge in [0, 0.05) is 47.6 Å². The first-order valence-corrected chi connectivity index (χ1v) is 73.7. The Kier molecular flexibility index (Phi) is 70.2. The van der Waals surface area contributed by atoms with Crippen molar-refractivity contribution < 1.29 is 124 Å². The molecular weight excluding hydrogens is 2170 g/mol. The number of nitrogens with two attached hydrogens (primary N) is 1. The summed E-state index contributed by atoms with van der Waals surface area (Å²) in [4.78, 5) is 57.6. The lowest BCUT2D eigenvalue weighted by Gasteiger charge is -2.38. The molecule has 0 aromatic heterocycles. The Hall–Kier alpha value is 1.74. The van der Waals surface area contributed by atoms with Crippen molar-refractivity contribution in [1.29, 1.82) is 0 Å². The van der Waals surface area contributed by atoms with Crippen LogP contribution in [0.3, 0.4) is 0 Å². The van der Waals surface area contributed by atoms with Crippen molar-refractivity contribution in [2.24, 2.45) is 16.6 Å². The van der Waals surface area contributed by atoms with Crippen LogP contribution in [0.2, 0.25) is 0 Å². The summed E-state index contributed by atoms with van der Waals surface area (Å²) in [5, 5.41) is 0. The average molecular weight is 2390 g/mol. The van der Waals surface area contributed by atoms with Gasteiger partial charge in [-0.05, 0) is 525 Å². The van der Waals surface area contributed by atoms with Crippen LogP contribution in [0, 0.1) is 10.8 Å². The summed E-state index contributed by atoms with van der Waals surface area (Å²) in [6, 6.07) is 0. The summed E-state index contributed by atoms with van der Waals surface area (Å²) in [6.07, 6.45) is 14.0. The molecule has 3 saturated heterocycles. The van der Waals surface area contributed by atoms with E-state index in [9.17, 15) is 46.7 Å². The van der Waals surface area contributed by atoms with E-state index in [0.717, 1.165) is 136 Å². The van der Waals surface area contributed by atoms with Gasteiger partial charge in [-0.2, -0.15) is 0 Å². The Labute approximate surface area is 933 Å². The zero-order chi connectivity index (χ0) is 117. The molecule has 0 aliphatic carbocycles. The van der Waals surface area contributed by atoms with Crippen molar-refractivity contribution in [3.63, 3.8) is 0 Å². The molecular formula is C102H217N5O27P7S7-.